The average molecular weight is 297 g/mol. The first-order valence-corrected chi connectivity index (χ1v) is 6.91. The molecule has 17 heavy (non-hydrogen) atoms. The predicted molar refractivity (Wildman–Crippen MR) is 70.7 cm³/mol. The largest absolute Gasteiger partial charge is 0.466 e. The lowest BCUT2D eigenvalue weighted by molar-refractivity contribution is -0.145. The van der Waals surface area contributed by atoms with Crippen molar-refractivity contribution in [2.24, 2.45) is 11.8 Å². The van der Waals surface area contributed by atoms with Gasteiger partial charge in [0.25, 0.3) is 0 Å². The van der Waals surface area contributed by atoms with E-state index in [0.29, 0.717) is 12.5 Å². The molecule has 0 saturated heterocycles. The van der Waals surface area contributed by atoms with Crippen LogP contribution in [-0.2, 0) is 16.0 Å². The van der Waals surface area contributed by atoms with Crippen LogP contribution in [0.2, 0.25) is 0 Å². The SMILES string of the molecule is CCOC(=O)C1CC1CCc1ccc(Br)cc1. The lowest BCUT2D eigenvalue weighted by atomic mass is 10.1. The van der Waals surface area contributed by atoms with E-state index in [2.05, 4.69) is 40.2 Å². The number of benzene rings is 1. The van der Waals surface area contributed by atoms with Crippen LogP contribution in [0.3, 0.4) is 0 Å². The van der Waals surface area contributed by atoms with Crippen molar-refractivity contribution in [2.75, 3.05) is 6.61 Å². The van der Waals surface area contributed by atoms with Gasteiger partial charge in [-0.1, -0.05) is 28.1 Å². The Hall–Kier alpha value is -0.830. The Morgan fingerprint density at radius 1 is 1.41 bits per heavy atom. The molecule has 1 aliphatic rings. The summed E-state index contributed by atoms with van der Waals surface area (Å²) in [6.45, 7) is 2.35. The number of hydrogen-bond donors (Lipinski definition) is 0. The molecule has 1 aromatic rings. The maximum absolute atomic E-state index is 11.4. The molecule has 0 spiro atoms. The van der Waals surface area contributed by atoms with Gasteiger partial charge in [-0.2, -0.15) is 0 Å². The smallest absolute Gasteiger partial charge is 0.309 e. The average Bonchev–Trinajstić information content (AvgIpc) is 3.08. The Morgan fingerprint density at radius 2 is 2.12 bits per heavy atom. The fraction of sp³-hybridized carbons (Fsp3) is 0.500. The van der Waals surface area contributed by atoms with Crippen LogP contribution in [0.15, 0.2) is 28.7 Å². The van der Waals surface area contributed by atoms with Crippen LogP contribution in [0.1, 0.15) is 25.3 Å². The van der Waals surface area contributed by atoms with Gasteiger partial charge in [0.1, 0.15) is 0 Å². The second-order valence-electron chi connectivity index (χ2n) is 4.52. The highest BCUT2D eigenvalue weighted by atomic mass is 79.9. The van der Waals surface area contributed by atoms with Crippen molar-refractivity contribution in [3.63, 3.8) is 0 Å². The second-order valence-corrected chi connectivity index (χ2v) is 5.44. The number of halogens is 1. The Labute approximate surface area is 110 Å². The van der Waals surface area contributed by atoms with Crippen molar-refractivity contribution >= 4 is 21.9 Å². The van der Waals surface area contributed by atoms with E-state index in [4.69, 9.17) is 4.74 Å². The van der Waals surface area contributed by atoms with Gasteiger partial charge >= 0.3 is 5.97 Å². The maximum Gasteiger partial charge on any atom is 0.309 e. The highest BCUT2D eigenvalue weighted by Crippen LogP contribution is 2.42. The van der Waals surface area contributed by atoms with Crippen LogP contribution in [-0.4, -0.2) is 12.6 Å². The van der Waals surface area contributed by atoms with Gasteiger partial charge in [0.05, 0.1) is 12.5 Å². The van der Waals surface area contributed by atoms with Gasteiger partial charge in [0.15, 0.2) is 0 Å². The molecular weight excluding hydrogens is 280 g/mol. The van der Waals surface area contributed by atoms with Gasteiger partial charge in [-0.25, -0.2) is 0 Å². The number of carbonyl (C=O) groups excluding carboxylic acids is 1. The fourth-order valence-corrected chi connectivity index (χ4v) is 2.37. The van der Waals surface area contributed by atoms with Crippen LogP contribution < -0.4 is 0 Å². The summed E-state index contributed by atoms with van der Waals surface area (Å²) < 4.78 is 6.13. The topological polar surface area (TPSA) is 26.3 Å². The highest BCUT2D eigenvalue weighted by Gasteiger charge is 2.43. The van der Waals surface area contributed by atoms with Crippen molar-refractivity contribution in [3.05, 3.63) is 34.3 Å². The molecule has 0 bridgehead atoms. The van der Waals surface area contributed by atoms with Crippen LogP contribution in [0, 0.1) is 11.8 Å². The van der Waals surface area contributed by atoms with E-state index in [-0.39, 0.29) is 11.9 Å². The minimum atomic E-state index is -0.00620. The maximum atomic E-state index is 11.4. The summed E-state index contributed by atoms with van der Waals surface area (Å²) in [6, 6.07) is 8.38. The van der Waals surface area contributed by atoms with Crippen molar-refractivity contribution in [1.82, 2.24) is 0 Å². The fourth-order valence-electron chi connectivity index (χ4n) is 2.11. The summed E-state index contributed by atoms with van der Waals surface area (Å²) in [5.41, 5.74) is 1.34. The molecule has 1 fully saturated rings. The molecule has 0 N–H and O–H groups in total. The van der Waals surface area contributed by atoms with E-state index >= 15 is 0 Å². The number of ether oxygens (including phenoxy) is 1. The summed E-state index contributed by atoms with van der Waals surface area (Å²) in [4.78, 5) is 11.4. The zero-order chi connectivity index (χ0) is 12.3. The Balaban J connectivity index is 1.74. The Kier molecular flexibility index (Phi) is 4.21. The molecule has 2 unspecified atom stereocenters. The molecule has 2 rings (SSSR count). The molecule has 0 amide bonds. The van der Waals surface area contributed by atoms with E-state index in [0.717, 1.165) is 23.7 Å². The Morgan fingerprint density at radius 3 is 2.76 bits per heavy atom. The minimum absolute atomic E-state index is 0.00620. The third kappa shape index (κ3) is 3.56. The Bertz CT molecular complexity index is 386. The van der Waals surface area contributed by atoms with Gasteiger partial charge in [-0.15, -0.1) is 0 Å². The van der Waals surface area contributed by atoms with Gasteiger partial charge in [-0.3, -0.25) is 4.79 Å². The summed E-state index contributed by atoms with van der Waals surface area (Å²) in [6.07, 6.45) is 3.15. The third-order valence-electron chi connectivity index (χ3n) is 3.23. The molecule has 2 nitrogen and oxygen atoms in total. The van der Waals surface area contributed by atoms with Crippen LogP contribution in [0.4, 0.5) is 0 Å². The molecule has 0 aromatic heterocycles. The van der Waals surface area contributed by atoms with Gasteiger partial charge in [0.2, 0.25) is 0 Å². The molecule has 0 radical (unpaired) electrons. The first-order chi connectivity index (χ1) is 8.20. The standard InChI is InChI=1S/C14H17BrO2/c1-2-17-14(16)13-9-11(13)6-3-10-4-7-12(15)8-5-10/h4-5,7-8,11,13H,2-3,6,9H2,1H3. The van der Waals surface area contributed by atoms with Crippen LogP contribution >= 0.6 is 15.9 Å². The van der Waals surface area contributed by atoms with E-state index in [1.165, 1.54) is 5.56 Å². The highest BCUT2D eigenvalue weighted by molar-refractivity contribution is 9.10. The normalized spacial score (nSPS) is 22.2. The van der Waals surface area contributed by atoms with Crippen LogP contribution in [0.5, 0.6) is 0 Å². The molecule has 3 heteroatoms. The summed E-state index contributed by atoms with van der Waals surface area (Å²) >= 11 is 3.42. The van der Waals surface area contributed by atoms with Gasteiger partial charge in [-0.05, 0) is 49.8 Å². The lowest BCUT2D eigenvalue weighted by Gasteiger charge is -2.02. The predicted octanol–water partition coefficient (Wildman–Crippen LogP) is 3.58. The number of aryl methyl sites for hydroxylation is 1. The molecule has 0 heterocycles. The number of esters is 1. The number of hydrogen-bond acceptors (Lipinski definition) is 2. The quantitative estimate of drug-likeness (QED) is 0.776. The summed E-state index contributed by atoms with van der Waals surface area (Å²) in [7, 11) is 0. The lowest BCUT2D eigenvalue weighted by Crippen LogP contribution is -2.07. The van der Waals surface area contributed by atoms with E-state index in [1.54, 1.807) is 0 Å². The van der Waals surface area contributed by atoms with E-state index in [1.807, 2.05) is 6.92 Å². The minimum Gasteiger partial charge on any atom is -0.466 e. The summed E-state index contributed by atoms with van der Waals surface area (Å²) in [5, 5.41) is 0. The van der Waals surface area contributed by atoms with E-state index in [9.17, 15) is 4.79 Å². The van der Waals surface area contributed by atoms with Crippen molar-refractivity contribution in [1.29, 1.82) is 0 Å². The number of rotatable bonds is 5. The first kappa shape index (κ1) is 12.6. The van der Waals surface area contributed by atoms with Crippen molar-refractivity contribution in [2.45, 2.75) is 26.2 Å². The molecular formula is C14H17BrO2. The molecule has 0 aliphatic heterocycles. The van der Waals surface area contributed by atoms with Crippen LogP contribution in [0.25, 0.3) is 0 Å². The monoisotopic (exact) mass is 296 g/mol. The summed E-state index contributed by atoms with van der Waals surface area (Å²) in [5.74, 6) is 0.705. The molecule has 1 aromatic carbocycles. The van der Waals surface area contributed by atoms with E-state index < -0.39 is 0 Å². The first-order valence-electron chi connectivity index (χ1n) is 6.11. The molecule has 1 aliphatic carbocycles. The third-order valence-corrected chi connectivity index (χ3v) is 3.76. The zero-order valence-electron chi connectivity index (χ0n) is 9.99. The zero-order valence-corrected chi connectivity index (χ0v) is 11.6. The van der Waals surface area contributed by atoms with Gasteiger partial charge < -0.3 is 4.74 Å². The van der Waals surface area contributed by atoms with Crippen molar-refractivity contribution in [3.8, 4) is 0 Å². The molecule has 92 valence electrons. The molecule has 2 atom stereocenters. The molecule has 1 saturated carbocycles. The van der Waals surface area contributed by atoms with Crippen molar-refractivity contribution < 1.29 is 9.53 Å². The second kappa shape index (κ2) is 5.67. The number of carbonyl (C=O) groups is 1. The van der Waals surface area contributed by atoms with Gasteiger partial charge in [0, 0.05) is 4.47 Å².